The second kappa shape index (κ2) is 5.12. The Labute approximate surface area is 108 Å². The first-order chi connectivity index (χ1) is 8.21. The van der Waals surface area contributed by atoms with Crippen molar-refractivity contribution in [1.29, 1.82) is 0 Å². The Morgan fingerprint density at radius 3 is 2.06 bits per heavy atom. The molecule has 0 saturated carbocycles. The molecule has 0 aliphatic heterocycles. The molecule has 0 saturated heterocycles. The normalized spacial score (nSPS) is 20.8. The van der Waals surface area contributed by atoms with Gasteiger partial charge in [0, 0.05) is 25.8 Å². The summed E-state index contributed by atoms with van der Waals surface area (Å²) in [6.45, 7) is 8.87. The quantitative estimate of drug-likeness (QED) is 0.441. The van der Waals surface area contributed by atoms with E-state index in [1.807, 2.05) is 6.92 Å². The summed E-state index contributed by atoms with van der Waals surface area (Å²) in [6, 6.07) is 0. The van der Waals surface area contributed by atoms with Crippen molar-refractivity contribution in [2.24, 2.45) is 5.41 Å². The molecule has 0 fully saturated rings. The van der Waals surface area contributed by atoms with E-state index in [2.05, 4.69) is 19.9 Å². The lowest BCUT2D eigenvalue weighted by molar-refractivity contribution is -0.218. The van der Waals surface area contributed by atoms with Crippen LogP contribution in [0.4, 0.5) is 0 Å². The number of carbonyl (C=O) groups excluding carboxylic acids is 2. The van der Waals surface area contributed by atoms with Crippen LogP contribution in [0.5, 0.6) is 0 Å². The molecule has 0 amide bonds. The van der Waals surface area contributed by atoms with E-state index in [-0.39, 0.29) is 5.41 Å². The van der Waals surface area contributed by atoms with Crippen LogP contribution in [0.2, 0.25) is 0 Å². The third kappa shape index (κ3) is 3.34. The van der Waals surface area contributed by atoms with Gasteiger partial charge in [-0.05, 0) is 18.3 Å². The van der Waals surface area contributed by atoms with E-state index >= 15 is 0 Å². The molecule has 18 heavy (non-hydrogen) atoms. The maximum Gasteiger partial charge on any atom is 0.306 e. The van der Waals surface area contributed by atoms with Crippen molar-refractivity contribution in [1.82, 2.24) is 0 Å². The van der Waals surface area contributed by atoms with Crippen molar-refractivity contribution in [3.63, 3.8) is 0 Å². The summed E-state index contributed by atoms with van der Waals surface area (Å²) in [7, 11) is 0. The number of allylic oxidation sites excluding steroid dienone is 1. The maximum absolute atomic E-state index is 11.3. The Hall–Kier alpha value is -1.32. The summed E-state index contributed by atoms with van der Waals surface area (Å²) in [5.74, 6) is -2.06. The second-order valence-corrected chi connectivity index (χ2v) is 5.45. The number of rotatable bonds is 3. The fourth-order valence-corrected chi connectivity index (χ4v) is 2.39. The third-order valence-corrected chi connectivity index (χ3v) is 3.15. The van der Waals surface area contributed by atoms with Gasteiger partial charge in [0.25, 0.3) is 5.79 Å². The summed E-state index contributed by atoms with van der Waals surface area (Å²) >= 11 is 0. The molecule has 0 heterocycles. The molecule has 0 bridgehead atoms. The molecule has 102 valence electrons. The third-order valence-electron chi connectivity index (χ3n) is 3.15. The van der Waals surface area contributed by atoms with Crippen molar-refractivity contribution in [3.8, 4) is 0 Å². The first-order valence-corrected chi connectivity index (χ1v) is 6.32. The van der Waals surface area contributed by atoms with Gasteiger partial charge in [-0.1, -0.05) is 26.8 Å². The van der Waals surface area contributed by atoms with Gasteiger partial charge in [0.15, 0.2) is 0 Å². The van der Waals surface area contributed by atoms with Crippen LogP contribution in [0.3, 0.4) is 0 Å². The summed E-state index contributed by atoms with van der Waals surface area (Å²) in [5, 5.41) is 0. The molecule has 0 atom stereocenters. The lowest BCUT2D eigenvalue weighted by Gasteiger charge is -2.41. The summed E-state index contributed by atoms with van der Waals surface area (Å²) in [4.78, 5) is 22.6. The second-order valence-electron chi connectivity index (χ2n) is 5.45. The number of hydrogen-bond donors (Lipinski definition) is 0. The zero-order valence-corrected chi connectivity index (χ0v) is 11.8. The van der Waals surface area contributed by atoms with Crippen LogP contribution >= 0.6 is 0 Å². The van der Waals surface area contributed by atoms with Gasteiger partial charge in [-0.2, -0.15) is 0 Å². The molecule has 0 radical (unpaired) electrons. The minimum Gasteiger partial charge on any atom is -0.418 e. The molecular formula is C14H22O4. The Morgan fingerprint density at radius 1 is 1.17 bits per heavy atom. The van der Waals surface area contributed by atoms with Crippen molar-refractivity contribution < 1.29 is 19.1 Å². The Balaban J connectivity index is 3.16. The minimum atomic E-state index is -1.19. The first-order valence-electron chi connectivity index (χ1n) is 6.32. The first kappa shape index (κ1) is 14.7. The van der Waals surface area contributed by atoms with E-state index in [9.17, 15) is 9.59 Å². The molecule has 0 unspecified atom stereocenters. The highest BCUT2D eigenvalue weighted by atomic mass is 16.7. The predicted octanol–water partition coefficient (Wildman–Crippen LogP) is 2.97. The van der Waals surface area contributed by atoms with Gasteiger partial charge in [0.1, 0.15) is 0 Å². The van der Waals surface area contributed by atoms with Gasteiger partial charge in [-0.15, -0.1) is 0 Å². The fraction of sp³-hybridized carbons (Fsp3) is 0.714. The average molecular weight is 254 g/mol. The zero-order valence-electron chi connectivity index (χ0n) is 11.8. The highest BCUT2D eigenvalue weighted by Gasteiger charge is 2.45. The molecule has 1 aliphatic rings. The maximum atomic E-state index is 11.3. The predicted molar refractivity (Wildman–Crippen MR) is 67.7 cm³/mol. The molecule has 0 aromatic carbocycles. The zero-order chi connectivity index (χ0) is 14.0. The molecule has 0 aromatic rings. The fourth-order valence-electron chi connectivity index (χ4n) is 2.39. The summed E-state index contributed by atoms with van der Waals surface area (Å²) in [5.41, 5.74) is 0.902. The van der Waals surface area contributed by atoms with E-state index in [1.54, 1.807) is 0 Å². The highest BCUT2D eigenvalue weighted by molar-refractivity contribution is 5.69. The van der Waals surface area contributed by atoms with Crippen LogP contribution in [0.15, 0.2) is 11.6 Å². The van der Waals surface area contributed by atoms with Crippen molar-refractivity contribution in [2.45, 2.75) is 59.7 Å². The van der Waals surface area contributed by atoms with Crippen LogP contribution in [0.1, 0.15) is 53.9 Å². The van der Waals surface area contributed by atoms with E-state index in [4.69, 9.17) is 9.47 Å². The van der Waals surface area contributed by atoms with E-state index in [0.29, 0.717) is 12.8 Å². The molecule has 4 nitrogen and oxygen atoms in total. The van der Waals surface area contributed by atoms with Gasteiger partial charge in [0.05, 0.1) is 0 Å². The molecule has 0 aromatic heterocycles. The van der Waals surface area contributed by atoms with E-state index in [1.165, 1.54) is 13.8 Å². The van der Waals surface area contributed by atoms with Gasteiger partial charge in [0.2, 0.25) is 0 Å². The Bertz CT molecular complexity index is 363. The lowest BCUT2D eigenvalue weighted by atomic mass is 9.76. The van der Waals surface area contributed by atoms with Crippen LogP contribution in [-0.4, -0.2) is 17.7 Å². The van der Waals surface area contributed by atoms with Gasteiger partial charge in [-0.25, -0.2) is 0 Å². The SMILES string of the molecule is CCC1=CC(C)(C)CCC1(OC(C)=O)OC(C)=O. The summed E-state index contributed by atoms with van der Waals surface area (Å²) in [6.07, 6.45) is 4.06. The van der Waals surface area contributed by atoms with Crippen LogP contribution < -0.4 is 0 Å². The molecule has 0 N–H and O–H groups in total. The topological polar surface area (TPSA) is 52.6 Å². The molecular weight excluding hydrogens is 232 g/mol. The van der Waals surface area contributed by atoms with Gasteiger partial charge < -0.3 is 9.47 Å². The Morgan fingerprint density at radius 2 is 1.67 bits per heavy atom. The van der Waals surface area contributed by atoms with Crippen LogP contribution in [0.25, 0.3) is 0 Å². The minimum absolute atomic E-state index is 0.0368. The van der Waals surface area contributed by atoms with Crippen molar-refractivity contribution >= 4 is 11.9 Å². The standard InChI is InChI=1S/C14H22O4/c1-6-12-9-13(4,5)7-8-14(12,17-10(2)15)18-11(3)16/h9H,6-8H2,1-5H3. The number of carbonyl (C=O) groups is 2. The molecule has 1 rings (SSSR count). The molecule has 4 heteroatoms. The van der Waals surface area contributed by atoms with Crippen molar-refractivity contribution in [3.05, 3.63) is 11.6 Å². The average Bonchev–Trinajstić information content (AvgIpc) is 2.20. The number of hydrogen-bond acceptors (Lipinski definition) is 4. The largest absolute Gasteiger partial charge is 0.418 e. The van der Waals surface area contributed by atoms with E-state index < -0.39 is 17.7 Å². The lowest BCUT2D eigenvalue weighted by Crippen LogP contribution is -2.44. The van der Waals surface area contributed by atoms with Crippen molar-refractivity contribution in [2.75, 3.05) is 0 Å². The monoisotopic (exact) mass is 254 g/mol. The summed E-state index contributed by atoms with van der Waals surface area (Å²) < 4.78 is 10.7. The highest BCUT2D eigenvalue weighted by Crippen LogP contribution is 2.43. The van der Waals surface area contributed by atoms with Gasteiger partial charge >= 0.3 is 11.9 Å². The van der Waals surface area contributed by atoms with Crippen LogP contribution in [-0.2, 0) is 19.1 Å². The molecule has 1 aliphatic carbocycles. The van der Waals surface area contributed by atoms with Crippen LogP contribution in [0, 0.1) is 5.41 Å². The van der Waals surface area contributed by atoms with Gasteiger partial charge in [-0.3, -0.25) is 9.59 Å². The molecule has 0 spiro atoms. The number of esters is 2. The number of ether oxygens (including phenoxy) is 2. The van der Waals surface area contributed by atoms with E-state index in [0.717, 1.165) is 12.0 Å². The smallest absolute Gasteiger partial charge is 0.306 e. The Kier molecular flexibility index (Phi) is 4.20.